The highest BCUT2D eigenvalue weighted by Crippen LogP contribution is 2.23. The number of ether oxygens (including phenoxy) is 1. The molecule has 0 bridgehead atoms. The van der Waals surface area contributed by atoms with Crippen molar-refractivity contribution in [3.63, 3.8) is 0 Å². The van der Waals surface area contributed by atoms with Crippen LogP contribution < -0.4 is 0 Å². The van der Waals surface area contributed by atoms with Crippen LogP contribution in [0.15, 0.2) is 36.4 Å². The van der Waals surface area contributed by atoms with Gasteiger partial charge in [-0.2, -0.15) is 0 Å². The molecule has 5 nitrogen and oxygen atoms in total. The lowest BCUT2D eigenvalue weighted by atomic mass is 10.1. The van der Waals surface area contributed by atoms with Gasteiger partial charge in [-0.05, 0) is 36.8 Å². The zero-order valence-corrected chi connectivity index (χ0v) is 13.0. The van der Waals surface area contributed by atoms with E-state index in [2.05, 4.69) is 0 Å². The molecule has 22 heavy (non-hydrogen) atoms. The minimum absolute atomic E-state index is 0.0335. The Kier molecular flexibility index (Phi) is 5.00. The number of rotatable bonds is 4. The van der Waals surface area contributed by atoms with E-state index in [1.54, 1.807) is 25.1 Å². The number of esters is 1. The number of aryl methyl sites for hydroxylation is 1. The Morgan fingerprint density at radius 1 is 1.18 bits per heavy atom. The first-order valence-electron chi connectivity index (χ1n) is 6.24. The second kappa shape index (κ2) is 6.77. The topological polar surface area (TPSA) is 69.4 Å². The molecule has 0 aromatic heterocycles. The number of nitro benzene ring substituents is 1. The highest BCUT2D eigenvalue weighted by Gasteiger charge is 2.14. The van der Waals surface area contributed by atoms with Gasteiger partial charge in [0.15, 0.2) is 0 Å². The Balaban J connectivity index is 2.07. The average Bonchev–Trinajstić information content (AvgIpc) is 2.47. The zero-order valence-electron chi connectivity index (χ0n) is 11.5. The fraction of sp³-hybridized carbons (Fsp3) is 0.133. The molecule has 0 fully saturated rings. The number of halogens is 2. The number of benzene rings is 2. The van der Waals surface area contributed by atoms with Gasteiger partial charge in [-0.1, -0.05) is 29.3 Å². The van der Waals surface area contributed by atoms with Gasteiger partial charge in [0, 0.05) is 11.6 Å². The van der Waals surface area contributed by atoms with Crippen molar-refractivity contribution in [3.05, 3.63) is 73.2 Å². The van der Waals surface area contributed by atoms with Gasteiger partial charge in [-0.15, -0.1) is 0 Å². The number of hydrogen-bond acceptors (Lipinski definition) is 4. The second-order valence-electron chi connectivity index (χ2n) is 4.58. The summed E-state index contributed by atoms with van der Waals surface area (Å²) in [6.07, 6.45) is 0. The van der Waals surface area contributed by atoms with Gasteiger partial charge in [-0.3, -0.25) is 10.1 Å². The molecule has 0 amide bonds. The van der Waals surface area contributed by atoms with Crippen LogP contribution in [0.25, 0.3) is 0 Å². The Morgan fingerprint density at radius 3 is 2.50 bits per heavy atom. The van der Waals surface area contributed by atoms with E-state index in [4.69, 9.17) is 27.9 Å². The van der Waals surface area contributed by atoms with Crippen molar-refractivity contribution in [3.8, 4) is 0 Å². The third-order valence-corrected chi connectivity index (χ3v) is 3.72. The summed E-state index contributed by atoms with van der Waals surface area (Å²) in [6.45, 7) is 1.60. The molecule has 0 heterocycles. The number of carbonyl (C=O) groups is 1. The molecular weight excluding hydrogens is 329 g/mol. The fourth-order valence-electron chi connectivity index (χ4n) is 1.85. The molecule has 0 aliphatic heterocycles. The predicted octanol–water partition coefficient (Wildman–Crippen LogP) is 4.57. The van der Waals surface area contributed by atoms with Crippen LogP contribution in [0, 0.1) is 17.0 Å². The van der Waals surface area contributed by atoms with Gasteiger partial charge in [0.25, 0.3) is 5.69 Å². The third-order valence-electron chi connectivity index (χ3n) is 2.98. The van der Waals surface area contributed by atoms with Crippen LogP contribution in [0.3, 0.4) is 0 Å². The standard InChI is InChI=1S/C15H11Cl2NO4/c1-9-6-11(3-5-14(9)18(20)21)15(19)22-8-10-2-4-12(16)13(17)7-10/h2-7H,8H2,1H3. The van der Waals surface area contributed by atoms with Crippen molar-refractivity contribution in [2.75, 3.05) is 0 Å². The van der Waals surface area contributed by atoms with E-state index in [1.807, 2.05) is 0 Å². The summed E-state index contributed by atoms with van der Waals surface area (Å²) in [5.74, 6) is -0.566. The molecule has 0 N–H and O–H groups in total. The summed E-state index contributed by atoms with van der Waals surface area (Å²) >= 11 is 11.7. The van der Waals surface area contributed by atoms with E-state index < -0.39 is 10.9 Å². The Bertz CT molecular complexity index is 746. The number of nitrogens with zero attached hydrogens (tertiary/aromatic N) is 1. The van der Waals surface area contributed by atoms with E-state index >= 15 is 0 Å². The maximum absolute atomic E-state index is 12.0. The monoisotopic (exact) mass is 339 g/mol. The summed E-state index contributed by atoms with van der Waals surface area (Å²) in [5, 5.41) is 11.5. The first kappa shape index (κ1) is 16.3. The summed E-state index contributed by atoms with van der Waals surface area (Å²) in [5.41, 5.74) is 1.31. The lowest BCUT2D eigenvalue weighted by Crippen LogP contribution is -2.06. The van der Waals surface area contributed by atoms with Crippen molar-refractivity contribution in [2.45, 2.75) is 13.5 Å². The van der Waals surface area contributed by atoms with E-state index in [9.17, 15) is 14.9 Å². The molecule has 0 aliphatic carbocycles. The van der Waals surface area contributed by atoms with Crippen molar-refractivity contribution in [1.82, 2.24) is 0 Å². The molecule has 2 aromatic carbocycles. The van der Waals surface area contributed by atoms with Crippen LogP contribution in [0.1, 0.15) is 21.5 Å². The minimum Gasteiger partial charge on any atom is -0.457 e. The van der Waals surface area contributed by atoms with Gasteiger partial charge in [0.05, 0.1) is 20.5 Å². The molecule has 0 radical (unpaired) electrons. The highest BCUT2D eigenvalue weighted by atomic mass is 35.5. The first-order chi connectivity index (χ1) is 10.4. The predicted molar refractivity (Wildman–Crippen MR) is 83.4 cm³/mol. The van der Waals surface area contributed by atoms with Crippen LogP contribution in [0.5, 0.6) is 0 Å². The van der Waals surface area contributed by atoms with E-state index in [0.717, 1.165) is 0 Å². The molecule has 0 spiro atoms. The number of nitro groups is 1. The Morgan fingerprint density at radius 2 is 1.91 bits per heavy atom. The number of hydrogen-bond donors (Lipinski definition) is 0. The van der Waals surface area contributed by atoms with E-state index in [-0.39, 0.29) is 17.9 Å². The molecule has 2 rings (SSSR count). The van der Waals surface area contributed by atoms with Crippen LogP contribution in [0.4, 0.5) is 5.69 Å². The molecule has 7 heteroatoms. The van der Waals surface area contributed by atoms with Gasteiger partial charge < -0.3 is 4.74 Å². The van der Waals surface area contributed by atoms with Gasteiger partial charge in [0.2, 0.25) is 0 Å². The van der Waals surface area contributed by atoms with Crippen LogP contribution >= 0.6 is 23.2 Å². The normalized spacial score (nSPS) is 10.3. The molecule has 0 atom stereocenters. The van der Waals surface area contributed by atoms with E-state index in [0.29, 0.717) is 21.2 Å². The Hall–Kier alpha value is -2.11. The van der Waals surface area contributed by atoms with Crippen molar-refractivity contribution >= 4 is 34.9 Å². The molecule has 0 saturated heterocycles. The average molecular weight is 340 g/mol. The maximum Gasteiger partial charge on any atom is 0.338 e. The summed E-state index contributed by atoms with van der Waals surface area (Å²) in [6, 6.07) is 8.99. The largest absolute Gasteiger partial charge is 0.457 e. The summed E-state index contributed by atoms with van der Waals surface area (Å²) < 4.78 is 5.15. The molecule has 0 unspecified atom stereocenters. The minimum atomic E-state index is -0.566. The van der Waals surface area contributed by atoms with Crippen molar-refractivity contribution in [2.24, 2.45) is 0 Å². The zero-order chi connectivity index (χ0) is 16.3. The molecular formula is C15H11Cl2NO4. The van der Waals surface area contributed by atoms with Crippen LogP contribution in [-0.2, 0) is 11.3 Å². The molecule has 0 saturated carbocycles. The summed E-state index contributed by atoms with van der Waals surface area (Å²) in [7, 11) is 0. The lowest BCUT2D eigenvalue weighted by molar-refractivity contribution is -0.385. The summed E-state index contributed by atoms with van der Waals surface area (Å²) in [4.78, 5) is 22.2. The molecule has 2 aromatic rings. The van der Waals surface area contributed by atoms with E-state index in [1.165, 1.54) is 18.2 Å². The van der Waals surface area contributed by atoms with Gasteiger partial charge >= 0.3 is 5.97 Å². The van der Waals surface area contributed by atoms with Crippen molar-refractivity contribution < 1.29 is 14.5 Å². The molecule has 114 valence electrons. The third kappa shape index (κ3) is 3.75. The first-order valence-corrected chi connectivity index (χ1v) is 7.00. The smallest absolute Gasteiger partial charge is 0.338 e. The maximum atomic E-state index is 12.0. The fourth-order valence-corrected chi connectivity index (χ4v) is 2.17. The van der Waals surface area contributed by atoms with Gasteiger partial charge in [0.1, 0.15) is 6.61 Å². The SMILES string of the molecule is Cc1cc(C(=O)OCc2ccc(Cl)c(Cl)c2)ccc1[N+](=O)[O-]. The molecule has 0 aliphatic rings. The number of carbonyl (C=O) groups excluding carboxylic acids is 1. The lowest BCUT2D eigenvalue weighted by Gasteiger charge is -2.07. The van der Waals surface area contributed by atoms with Crippen LogP contribution in [-0.4, -0.2) is 10.9 Å². The second-order valence-corrected chi connectivity index (χ2v) is 5.40. The highest BCUT2D eigenvalue weighted by molar-refractivity contribution is 6.42. The van der Waals surface area contributed by atoms with Crippen LogP contribution in [0.2, 0.25) is 10.0 Å². The van der Waals surface area contributed by atoms with Crippen molar-refractivity contribution in [1.29, 1.82) is 0 Å². The Labute approximate surface area is 136 Å². The quantitative estimate of drug-likeness (QED) is 0.464. The van der Waals surface area contributed by atoms with Gasteiger partial charge in [-0.25, -0.2) is 4.79 Å².